The fourth-order valence-electron chi connectivity index (χ4n) is 3.54. The van der Waals surface area contributed by atoms with Crippen molar-refractivity contribution in [3.63, 3.8) is 0 Å². The lowest BCUT2D eigenvalue weighted by molar-refractivity contribution is 0.0745. The van der Waals surface area contributed by atoms with Crippen molar-refractivity contribution >= 4 is 5.71 Å². The molecule has 25 heavy (non-hydrogen) atoms. The van der Waals surface area contributed by atoms with Crippen LogP contribution in [-0.2, 0) is 11.4 Å². The third-order valence-electron chi connectivity index (χ3n) is 4.97. The van der Waals surface area contributed by atoms with Gasteiger partial charge in [-0.05, 0) is 12.5 Å². The van der Waals surface area contributed by atoms with E-state index in [2.05, 4.69) is 65.1 Å². The molecule has 2 atom stereocenters. The molecule has 5 nitrogen and oxygen atoms in total. The van der Waals surface area contributed by atoms with E-state index in [4.69, 9.17) is 4.84 Å². The number of aromatic nitrogens is 2. The highest BCUT2D eigenvalue weighted by atomic mass is 16.6. The third kappa shape index (κ3) is 3.29. The fraction of sp³-hybridized carbons (Fsp3) is 0.450. The summed E-state index contributed by atoms with van der Waals surface area (Å²) in [5, 5.41) is 4.36. The van der Waals surface area contributed by atoms with Gasteiger partial charge >= 0.3 is 0 Å². The molecule has 0 spiro atoms. The molecule has 1 saturated heterocycles. The van der Waals surface area contributed by atoms with Crippen LogP contribution in [0.5, 0.6) is 0 Å². The summed E-state index contributed by atoms with van der Waals surface area (Å²) >= 11 is 0. The van der Waals surface area contributed by atoms with Gasteiger partial charge in [-0.3, -0.25) is 4.90 Å². The van der Waals surface area contributed by atoms with Crippen molar-refractivity contribution in [1.82, 2.24) is 14.9 Å². The van der Waals surface area contributed by atoms with Crippen LogP contribution in [0.15, 0.2) is 41.8 Å². The predicted molar refractivity (Wildman–Crippen MR) is 97.5 cm³/mol. The summed E-state index contributed by atoms with van der Waals surface area (Å²) in [6.07, 6.45) is 4.06. The molecule has 5 heteroatoms. The van der Waals surface area contributed by atoms with Crippen LogP contribution in [-0.4, -0.2) is 39.8 Å². The molecule has 0 bridgehead atoms. The van der Waals surface area contributed by atoms with E-state index in [1.807, 2.05) is 12.4 Å². The van der Waals surface area contributed by atoms with Crippen molar-refractivity contribution < 1.29 is 4.84 Å². The molecule has 0 N–H and O–H groups in total. The Labute approximate surface area is 148 Å². The normalized spacial score (nSPS) is 22.8. The summed E-state index contributed by atoms with van der Waals surface area (Å²) in [4.78, 5) is 17.1. The molecule has 1 aromatic carbocycles. The minimum atomic E-state index is 0.159. The van der Waals surface area contributed by atoms with Gasteiger partial charge in [-0.1, -0.05) is 48.8 Å². The standard InChI is InChI=1S/C20H24N4O/c1-13(2)20-21-8-15(9-22-20)10-24-11-17-18(12-24)25-23-19(17)16-6-4-14(3)5-7-16/h4-9,13,17-18H,10-12H2,1-3H3/t17-,18+/m0/s1. The first-order valence-corrected chi connectivity index (χ1v) is 8.94. The van der Waals surface area contributed by atoms with Gasteiger partial charge in [0.2, 0.25) is 0 Å². The number of fused-ring (bicyclic) bond motifs is 1. The number of aryl methyl sites for hydroxylation is 1. The molecule has 0 unspecified atom stereocenters. The van der Waals surface area contributed by atoms with Crippen LogP contribution in [0.25, 0.3) is 0 Å². The molecule has 2 aromatic rings. The fourth-order valence-corrected chi connectivity index (χ4v) is 3.54. The molecule has 0 aliphatic carbocycles. The highest BCUT2D eigenvalue weighted by Crippen LogP contribution is 2.31. The molecule has 0 amide bonds. The zero-order chi connectivity index (χ0) is 17.4. The molecular formula is C20H24N4O. The lowest BCUT2D eigenvalue weighted by Gasteiger charge is -2.16. The van der Waals surface area contributed by atoms with Crippen LogP contribution in [0.1, 0.15) is 42.3 Å². The maximum absolute atomic E-state index is 5.71. The van der Waals surface area contributed by atoms with Gasteiger partial charge in [0.25, 0.3) is 0 Å². The zero-order valence-electron chi connectivity index (χ0n) is 15.0. The first-order chi connectivity index (χ1) is 12.1. The second-order valence-corrected chi connectivity index (χ2v) is 7.39. The lowest BCUT2D eigenvalue weighted by atomic mass is 9.94. The average Bonchev–Trinajstić information content (AvgIpc) is 3.16. The number of benzene rings is 1. The minimum Gasteiger partial charge on any atom is -0.390 e. The number of likely N-dealkylation sites (tertiary alicyclic amines) is 1. The number of hydrogen-bond donors (Lipinski definition) is 0. The number of hydrogen-bond acceptors (Lipinski definition) is 5. The molecule has 3 heterocycles. The van der Waals surface area contributed by atoms with E-state index < -0.39 is 0 Å². The van der Waals surface area contributed by atoms with Crippen LogP contribution in [0, 0.1) is 12.8 Å². The van der Waals surface area contributed by atoms with Crippen LogP contribution >= 0.6 is 0 Å². The zero-order valence-corrected chi connectivity index (χ0v) is 15.0. The van der Waals surface area contributed by atoms with Crippen molar-refractivity contribution in [2.24, 2.45) is 11.1 Å². The third-order valence-corrected chi connectivity index (χ3v) is 4.97. The lowest BCUT2D eigenvalue weighted by Crippen LogP contribution is -2.23. The summed E-state index contributed by atoms with van der Waals surface area (Å²) in [6, 6.07) is 8.54. The molecule has 130 valence electrons. The van der Waals surface area contributed by atoms with Gasteiger partial charge in [0.1, 0.15) is 11.9 Å². The van der Waals surface area contributed by atoms with E-state index in [1.54, 1.807) is 0 Å². The van der Waals surface area contributed by atoms with Crippen molar-refractivity contribution in [2.45, 2.75) is 39.3 Å². The molecule has 2 aliphatic heterocycles. The quantitative estimate of drug-likeness (QED) is 0.861. The summed E-state index contributed by atoms with van der Waals surface area (Å²) in [5.74, 6) is 1.61. The van der Waals surface area contributed by atoms with E-state index in [9.17, 15) is 0 Å². The van der Waals surface area contributed by atoms with E-state index in [1.165, 1.54) is 11.1 Å². The van der Waals surface area contributed by atoms with Gasteiger partial charge in [-0.25, -0.2) is 9.97 Å². The van der Waals surface area contributed by atoms with E-state index in [0.29, 0.717) is 11.8 Å². The summed E-state index contributed by atoms with van der Waals surface area (Å²) in [7, 11) is 0. The van der Waals surface area contributed by atoms with Crippen LogP contribution in [0.2, 0.25) is 0 Å². The van der Waals surface area contributed by atoms with Gasteiger partial charge in [0.05, 0.1) is 11.6 Å². The van der Waals surface area contributed by atoms with E-state index in [0.717, 1.165) is 36.7 Å². The van der Waals surface area contributed by atoms with Gasteiger partial charge in [0.15, 0.2) is 0 Å². The summed E-state index contributed by atoms with van der Waals surface area (Å²) in [5.41, 5.74) is 4.67. The Morgan fingerprint density at radius 3 is 2.52 bits per heavy atom. The Bertz CT molecular complexity index is 767. The highest BCUT2D eigenvalue weighted by molar-refractivity contribution is 6.03. The molecule has 0 saturated carbocycles. The summed E-state index contributed by atoms with van der Waals surface area (Å²) in [6.45, 7) is 9.04. The maximum Gasteiger partial charge on any atom is 0.149 e. The van der Waals surface area contributed by atoms with E-state index >= 15 is 0 Å². The Kier molecular flexibility index (Phi) is 4.25. The second kappa shape index (κ2) is 6.56. The summed E-state index contributed by atoms with van der Waals surface area (Å²) < 4.78 is 0. The highest BCUT2D eigenvalue weighted by Gasteiger charge is 2.42. The monoisotopic (exact) mass is 336 g/mol. The van der Waals surface area contributed by atoms with Crippen molar-refractivity contribution in [3.05, 3.63) is 59.2 Å². The van der Waals surface area contributed by atoms with Gasteiger partial charge in [-0.2, -0.15) is 0 Å². The SMILES string of the molecule is Cc1ccc(C2=NO[C@@H]3CN(Cc4cnc(C(C)C)nc4)C[C@H]23)cc1. The molecule has 1 aromatic heterocycles. The van der Waals surface area contributed by atoms with E-state index in [-0.39, 0.29) is 6.10 Å². The molecule has 2 aliphatic rings. The van der Waals surface area contributed by atoms with Crippen molar-refractivity contribution in [3.8, 4) is 0 Å². The van der Waals surface area contributed by atoms with Gasteiger partial charge in [0, 0.05) is 43.5 Å². The molecule has 1 fully saturated rings. The minimum absolute atomic E-state index is 0.159. The maximum atomic E-state index is 5.71. The average molecular weight is 336 g/mol. The van der Waals surface area contributed by atoms with Gasteiger partial charge < -0.3 is 4.84 Å². The Morgan fingerprint density at radius 2 is 1.84 bits per heavy atom. The number of oxime groups is 1. The smallest absolute Gasteiger partial charge is 0.149 e. The molecule has 0 radical (unpaired) electrons. The topological polar surface area (TPSA) is 50.6 Å². The Hall–Kier alpha value is -2.27. The van der Waals surface area contributed by atoms with Crippen LogP contribution in [0.3, 0.4) is 0 Å². The van der Waals surface area contributed by atoms with Crippen LogP contribution in [0.4, 0.5) is 0 Å². The second-order valence-electron chi connectivity index (χ2n) is 7.39. The molecular weight excluding hydrogens is 312 g/mol. The number of nitrogens with zero attached hydrogens (tertiary/aromatic N) is 4. The predicted octanol–water partition coefficient (Wildman–Crippen LogP) is 3.14. The Balaban J connectivity index is 1.43. The van der Waals surface area contributed by atoms with Crippen molar-refractivity contribution in [1.29, 1.82) is 0 Å². The Morgan fingerprint density at radius 1 is 1.12 bits per heavy atom. The molecule has 4 rings (SSSR count). The first kappa shape index (κ1) is 16.2. The van der Waals surface area contributed by atoms with Crippen LogP contribution < -0.4 is 0 Å². The largest absolute Gasteiger partial charge is 0.390 e. The van der Waals surface area contributed by atoms with Crippen molar-refractivity contribution in [2.75, 3.05) is 13.1 Å². The first-order valence-electron chi connectivity index (χ1n) is 8.94. The number of rotatable bonds is 4. The van der Waals surface area contributed by atoms with Gasteiger partial charge in [-0.15, -0.1) is 0 Å².